The number of carbonyl (C=O) groups excluding carboxylic acids is 3. The quantitative estimate of drug-likeness (QED) is 0.360. The average molecular weight is 352 g/mol. The van der Waals surface area contributed by atoms with E-state index in [1.54, 1.807) is 0 Å². The number of hydrogen-bond donors (Lipinski definition) is 2. The molecule has 0 saturated carbocycles. The molecule has 3 aliphatic heterocycles. The van der Waals surface area contributed by atoms with E-state index in [1.165, 1.54) is 13.0 Å². The first-order chi connectivity index (χ1) is 11.5. The van der Waals surface area contributed by atoms with Crippen LogP contribution in [0.15, 0.2) is 23.2 Å². The lowest BCUT2D eigenvalue weighted by atomic mass is 10.0. The maximum Gasteiger partial charge on any atom is 0.302 e. The van der Waals surface area contributed by atoms with Crippen molar-refractivity contribution in [3.05, 3.63) is 23.2 Å². The maximum atomic E-state index is 12.4. The van der Waals surface area contributed by atoms with Gasteiger partial charge in [0.15, 0.2) is 0 Å². The smallest absolute Gasteiger partial charge is 0.302 e. The fourth-order valence-electron chi connectivity index (χ4n) is 2.46. The van der Waals surface area contributed by atoms with Crippen molar-refractivity contribution in [1.82, 2.24) is 20.9 Å². The number of nitrogens with zero attached hydrogens (tertiary/aromatic N) is 3. The first-order valence-corrected chi connectivity index (χ1v) is 8.07. The van der Waals surface area contributed by atoms with Crippen LogP contribution in [0.2, 0.25) is 0 Å². The molecule has 3 heterocycles. The highest BCUT2D eigenvalue weighted by molar-refractivity contribution is 6.22. The fraction of sp³-hybridized carbons (Fsp3) is 0.562. The predicted molar refractivity (Wildman–Crippen MR) is 88.6 cm³/mol. The van der Waals surface area contributed by atoms with E-state index in [0.717, 1.165) is 39.3 Å². The molecule has 0 unspecified atom stereocenters. The van der Waals surface area contributed by atoms with Gasteiger partial charge >= 0.3 is 5.97 Å². The maximum absolute atomic E-state index is 12.4. The number of Topliss-reactive ketones (excluding diaryl/α,β-unsaturated/α-hetero) is 1. The number of esters is 1. The van der Waals surface area contributed by atoms with E-state index in [4.69, 9.17) is 5.11 Å². The molecule has 3 saturated heterocycles. The van der Waals surface area contributed by atoms with Crippen LogP contribution in [-0.2, 0) is 19.1 Å². The second-order valence-electron chi connectivity index (χ2n) is 5.94. The molecular formula is C16H24N4O5. The van der Waals surface area contributed by atoms with Gasteiger partial charge in [-0.25, -0.2) is 0 Å². The number of ether oxygens (including phenoxy) is 1. The van der Waals surface area contributed by atoms with Gasteiger partial charge in [0.2, 0.25) is 11.6 Å². The summed E-state index contributed by atoms with van der Waals surface area (Å²) < 4.78 is 4.30. The fourth-order valence-corrected chi connectivity index (χ4v) is 2.46. The summed E-state index contributed by atoms with van der Waals surface area (Å²) in [5, 5.41) is 8.04. The first kappa shape index (κ1) is 18.9. The number of carbonyl (C=O) groups is 3. The number of aliphatic hydroxyl groups is 1. The number of ketones is 2. The van der Waals surface area contributed by atoms with E-state index in [2.05, 4.69) is 4.74 Å². The Labute approximate surface area is 146 Å². The highest BCUT2D eigenvalue weighted by Crippen LogP contribution is 2.33. The van der Waals surface area contributed by atoms with Gasteiger partial charge in [0.05, 0.1) is 12.3 Å². The summed E-state index contributed by atoms with van der Waals surface area (Å²) >= 11 is 0. The molecule has 0 radical (unpaired) electrons. The highest BCUT2D eigenvalue weighted by atomic mass is 16.5. The topological polar surface area (TPSA) is 125 Å². The lowest BCUT2D eigenvalue weighted by Gasteiger charge is -2.21. The molecule has 25 heavy (non-hydrogen) atoms. The first-order valence-electron chi connectivity index (χ1n) is 8.07. The molecule has 9 nitrogen and oxygen atoms in total. The van der Waals surface area contributed by atoms with Crippen molar-refractivity contribution in [2.24, 2.45) is 0 Å². The van der Waals surface area contributed by atoms with Crippen molar-refractivity contribution >= 4 is 17.5 Å². The van der Waals surface area contributed by atoms with Crippen LogP contribution in [0.5, 0.6) is 0 Å². The van der Waals surface area contributed by atoms with Gasteiger partial charge in [-0.05, 0) is 0 Å². The van der Waals surface area contributed by atoms with Gasteiger partial charge in [-0.1, -0.05) is 0 Å². The van der Waals surface area contributed by atoms with Gasteiger partial charge in [-0.2, -0.15) is 0 Å². The van der Waals surface area contributed by atoms with Crippen LogP contribution >= 0.6 is 0 Å². The Hall–Kier alpha value is -2.39. The van der Waals surface area contributed by atoms with Gasteiger partial charge in [-0.3, -0.25) is 14.4 Å². The van der Waals surface area contributed by atoms with Crippen LogP contribution in [0.1, 0.15) is 6.92 Å². The summed E-state index contributed by atoms with van der Waals surface area (Å²) in [5.41, 5.74) is 1.89. The Morgan fingerprint density at radius 3 is 1.96 bits per heavy atom. The average Bonchev–Trinajstić information content (AvgIpc) is 3.40. The Morgan fingerprint density at radius 1 is 1.04 bits per heavy atom. The molecule has 0 bridgehead atoms. The number of hydrogen-bond acceptors (Lipinski definition) is 9. The molecule has 0 aromatic carbocycles. The van der Waals surface area contributed by atoms with Gasteiger partial charge < -0.3 is 30.7 Å². The summed E-state index contributed by atoms with van der Waals surface area (Å²) in [6, 6.07) is 0. The van der Waals surface area contributed by atoms with Crippen LogP contribution < -0.4 is 6.15 Å². The third-order valence-electron chi connectivity index (χ3n) is 3.88. The standard InChI is InChI=1S/C12H13N3O2.C4H8O3.H3N/c16-9-7-8(13-1-2-13)12(17)11(15-5-6-15)10(9)14-3-4-14;1-4(6)7-3-2-5;/h7H,1-6H2;5H,2-3H2,1H3;1H3. The molecule has 1 aliphatic carbocycles. The summed E-state index contributed by atoms with van der Waals surface area (Å²) in [6.07, 6.45) is 1.52. The summed E-state index contributed by atoms with van der Waals surface area (Å²) in [7, 11) is 0. The van der Waals surface area contributed by atoms with Crippen LogP contribution in [0.3, 0.4) is 0 Å². The normalized spacial score (nSPS) is 20.4. The molecule has 138 valence electrons. The van der Waals surface area contributed by atoms with E-state index >= 15 is 0 Å². The summed E-state index contributed by atoms with van der Waals surface area (Å²) in [6.45, 7) is 6.72. The van der Waals surface area contributed by atoms with Crippen LogP contribution in [-0.4, -0.2) is 89.8 Å². The van der Waals surface area contributed by atoms with E-state index in [1.807, 2.05) is 14.7 Å². The monoisotopic (exact) mass is 352 g/mol. The minimum atomic E-state index is -0.353. The van der Waals surface area contributed by atoms with Crippen molar-refractivity contribution in [2.75, 3.05) is 52.5 Å². The molecule has 4 aliphatic rings. The zero-order valence-electron chi connectivity index (χ0n) is 14.4. The number of allylic oxidation sites excluding steroid dienone is 1. The summed E-state index contributed by atoms with van der Waals surface area (Å²) in [5.74, 6) is -0.304. The van der Waals surface area contributed by atoms with Crippen molar-refractivity contribution in [2.45, 2.75) is 6.92 Å². The van der Waals surface area contributed by atoms with E-state index in [-0.39, 0.29) is 36.9 Å². The second-order valence-corrected chi connectivity index (χ2v) is 5.94. The van der Waals surface area contributed by atoms with E-state index < -0.39 is 0 Å². The molecular weight excluding hydrogens is 328 g/mol. The third kappa shape index (κ3) is 4.58. The molecule has 4 rings (SSSR count). The van der Waals surface area contributed by atoms with Crippen molar-refractivity contribution in [3.8, 4) is 0 Å². The largest absolute Gasteiger partial charge is 0.463 e. The number of aliphatic hydroxyl groups excluding tert-OH is 1. The highest BCUT2D eigenvalue weighted by Gasteiger charge is 2.43. The van der Waals surface area contributed by atoms with Crippen LogP contribution in [0.4, 0.5) is 0 Å². The van der Waals surface area contributed by atoms with Crippen molar-refractivity contribution in [1.29, 1.82) is 0 Å². The van der Waals surface area contributed by atoms with Gasteiger partial charge in [0, 0.05) is 52.3 Å². The van der Waals surface area contributed by atoms with Crippen molar-refractivity contribution in [3.63, 3.8) is 0 Å². The SMILES string of the molecule is CC(=O)OCCO.N.O=C1C=C(N2CC2)C(=O)C(N2CC2)=C1N1CC1. The van der Waals surface area contributed by atoms with Crippen LogP contribution in [0.25, 0.3) is 0 Å². The zero-order valence-corrected chi connectivity index (χ0v) is 14.4. The molecule has 0 aromatic heterocycles. The lowest BCUT2D eigenvalue weighted by molar-refractivity contribution is -0.141. The molecule has 3 fully saturated rings. The Balaban J connectivity index is 0.000000246. The third-order valence-corrected chi connectivity index (χ3v) is 3.88. The minimum absolute atomic E-state index is 0. The zero-order chi connectivity index (χ0) is 17.3. The summed E-state index contributed by atoms with van der Waals surface area (Å²) in [4.78, 5) is 40.3. The molecule has 4 N–H and O–H groups in total. The Morgan fingerprint density at radius 2 is 1.56 bits per heavy atom. The molecule has 9 heteroatoms. The minimum Gasteiger partial charge on any atom is -0.463 e. The van der Waals surface area contributed by atoms with Gasteiger partial charge in [-0.15, -0.1) is 0 Å². The predicted octanol–water partition coefficient (Wildman–Crippen LogP) is -1.12. The Kier molecular flexibility index (Phi) is 5.81. The van der Waals surface area contributed by atoms with Gasteiger partial charge in [0.25, 0.3) is 0 Å². The van der Waals surface area contributed by atoms with Gasteiger partial charge in [0.1, 0.15) is 18.0 Å². The molecule has 0 aromatic rings. The Bertz CT molecular complexity index is 630. The van der Waals surface area contributed by atoms with E-state index in [0.29, 0.717) is 17.1 Å². The van der Waals surface area contributed by atoms with E-state index in [9.17, 15) is 14.4 Å². The molecule has 0 atom stereocenters. The van der Waals surface area contributed by atoms with Crippen molar-refractivity contribution < 1.29 is 24.2 Å². The van der Waals surface area contributed by atoms with Crippen LogP contribution in [0, 0.1) is 0 Å². The second kappa shape index (κ2) is 7.66. The molecule has 0 spiro atoms. The number of rotatable bonds is 5. The molecule has 0 amide bonds. The lowest BCUT2D eigenvalue weighted by Crippen LogP contribution is -2.29.